The van der Waals surface area contributed by atoms with E-state index in [1.165, 1.54) is 92.1 Å². The fourth-order valence-corrected chi connectivity index (χ4v) is 10.8. The molecule has 0 fully saturated rings. The summed E-state index contributed by atoms with van der Waals surface area (Å²) in [5.41, 5.74) is 17.0. The minimum atomic E-state index is -0.0385. The first-order chi connectivity index (χ1) is 31.6. The van der Waals surface area contributed by atoms with Crippen molar-refractivity contribution in [2.24, 2.45) is 0 Å². The average Bonchev–Trinajstić information content (AvgIpc) is 3.70. The lowest BCUT2D eigenvalue weighted by atomic mass is 9.78. The Bertz CT molecular complexity index is 3380. The monoisotopic (exact) mass is 873 g/mol. The van der Waals surface area contributed by atoms with Crippen LogP contribution in [0.4, 0.5) is 17.1 Å². The van der Waals surface area contributed by atoms with E-state index in [4.69, 9.17) is 0 Å². The number of thiophene rings is 1. The van der Waals surface area contributed by atoms with Crippen LogP contribution in [0.1, 0.15) is 79.0 Å². The molecule has 66 heavy (non-hydrogen) atoms. The van der Waals surface area contributed by atoms with Crippen LogP contribution >= 0.6 is 11.3 Å². The van der Waals surface area contributed by atoms with Gasteiger partial charge in [0.05, 0.1) is 11.4 Å². The lowest BCUT2D eigenvalue weighted by molar-refractivity contribution is 0.569. The Morgan fingerprint density at radius 1 is 0.333 bits per heavy atom. The van der Waals surface area contributed by atoms with E-state index < -0.39 is 0 Å². The average molecular weight is 874 g/mol. The van der Waals surface area contributed by atoms with Crippen LogP contribution in [0.3, 0.4) is 0 Å². The SMILES string of the molecule is CC(C)(C)c1cc(-c2cccc3cccc(-c4ccccc4N(c4cccc(-c5cccc6sc7ccccc7c56)c4)c4ccc(C(C)(C)C)cc4-c4ccccc4)c23)cc(C(C)(C)C)c1. The van der Waals surface area contributed by atoms with Crippen LogP contribution in [0.25, 0.3) is 75.5 Å². The first-order valence-electron chi connectivity index (χ1n) is 23.4. The summed E-state index contributed by atoms with van der Waals surface area (Å²) in [6, 6.07) is 72.9. The number of nitrogens with zero attached hydrogens (tertiary/aromatic N) is 1. The number of para-hydroxylation sites is 1. The molecule has 10 aromatic rings. The van der Waals surface area contributed by atoms with E-state index in [0.717, 1.165) is 17.1 Å². The number of hydrogen-bond donors (Lipinski definition) is 0. The van der Waals surface area contributed by atoms with Crippen molar-refractivity contribution >= 4 is 59.3 Å². The molecule has 0 atom stereocenters. The van der Waals surface area contributed by atoms with Crippen molar-refractivity contribution in [3.05, 3.63) is 211 Å². The maximum Gasteiger partial charge on any atom is 0.0540 e. The van der Waals surface area contributed by atoms with Crippen molar-refractivity contribution < 1.29 is 0 Å². The zero-order valence-electron chi connectivity index (χ0n) is 39.8. The van der Waals surface area contributed by atoms with Gasteiger partial charge in [-0.05, 0) is 120 Å². The first-order valence-corrected chi connectivity index (χ1v) is 24.2. The summed E-state index contributed by atoms with van der Waals surface area (Å²) in [5, 5.41) is 5.10. The molecule has 0 aliphatic carbocycles. The quantitative estimate of drug-likeness (QED) is 0.154. The van der Waals surface area contributed by atoms with Crippen LogP contribution in [-0.2, 0) is 16.2 Å². The third kappa shape index (κ3) is 8.03. The molecule has 9 aromatic carbocycles. The highest BCUT2D eigenvalue weighted by Gasteiger charge is 2.26. The zero-order chi connectivity index (χ0) is 46.0. The van der Waals surface area contributed by atoms with Crippen molar-refractivity contribution in [1.82, 2.24) is 0 Å². The maximum absolute atomic E-state index is 2.53. The number of anilines is 3. The van der Waals surface area contributed by atoms with Gasteiger partial charge in [0, 0.05) is 37.0 Å². The standard InChI is InChI=1S/C64H59NS/c1-62(2,3)46-35-36-57(55(41-46)42-21-11-10-12-22-42)65(49-26-17-25-44(39-49)50-30-20-34-59-61(50)54-28-14-16-33-58(54)66-59)56-32-15-13-27-52(56)53-31-19-24-43-23-18-29-51(60(43)53)45-37-47(63(4,5)6)40-48(38-45)64(7,8)9/h10-41H,1-9H3. The molecule has 0 N–H and O–H groups in total. The second-order valence-corrected chi connectivity index (χ2v) is 22.1. The zero-order valence-corrected chi connectivity index (χ0v) is 40.6. The molecule has 0 unspecified atom stereocenters. The number of benzene rings is 9. The van der Waals surface area contributed by atoms with Gasteiger partial charge in [0.1, 0.15) is 0 Å². The van der Waals surface area contributed by atoms with Gasteiger partial charge in [-0.2, -0.15) is 0 Å². The highest BCUT2D eigenvalue weighted by molar-refractivity contribution is 7.25. The molecular formula is C64H59NS. The second-order valence-electron chi connectivity index (χ2n) is 21.0. The van der Waals surface area contributed by atoms with Crippen LogP contribution in [0.5, 0.6) is 0 Å². The first kappa shape index (κ1) is 43.2. The topological polar surface area (TPSA) is 3.24 Å². The lowest BCUT2D eigenvalue weighted by Crippen LogP contribution is -2.16. The predicted octanol–water partition coefficient (Wildman–Crippen LogP) is 19.2. The summed E-state index contributed by atoms with van der Waals surface area (Å²) in [7, 11) is 0. The Hall–Kier alpha value is -6.74. The Balaban J connectivity index is 1.26. The molecule has 0 radical (unpaired) electrons. The number of hydrogen-bond acceptors (Lipinski definition) is 2. The van der Waals surface area contributed by atoms with Crippen molar-refractivity contribution in [2.45, 2.75) is 78.6 Å². The third-order valence-electron chi connectivity index (χ3n) is 13.3. The van der Waals surface area contributed by atoms with Crippen LogP contribution in [0.2, 0.25) is 0 Å². The Kier molecular flexibility index (Phi) is 10.9. The van der Waals surface area contributed by atoms with Crippen LogP contribution in [-0.4, -0.2) is 0 Å². The second kappa shape index (κ2) is 16.6. The van der Waals surface area contributed by atoms with E-state index >= 15 is 0 Å². The Labute approximate surface area is 396 Å². The van der Waals surface area contributed by atoms with E-state index in [2.05, 4.69) is 261 Å². The highest BCUT2D eigenvalue weighted by Crippen LogP contribution is 2.49. The van der Waals surface area contributed by atoms with E-state index in [0.29, 0.717) is 0 Å². The predicted molar refractivity (Wildman–Crippen MR) is 289 cm³/mol. The minimum absolute atomic E-state index is 0.00783. The molecule has 326 valence electrons. The molecule has 0 aliphatic rings. The molecule has 1 aromatic heterocycles. The van der Waals surface area contributed by atoms with Gasteiger partial charge in [-0.1, -0.05) is 214 Å². The molecular weight excluding hydrogens is 815 g/mol. The minimum Gasteiger partial charge on any atom is -0.309 e. The number of rotatable bonds is 7. The highest BCUT2D eigenvalue weighted by atomic mass is 32.1. The van der Waals surface area contributed by atoms with E-state index in [9.17, 15) is 0 Å². The third-order valence-corrected chi connectivity index (χ3v) is 14.5. The fraction of sp³-hybridized carbons (Fsp3) is 0.188. The molecule has 0 aliphatic heterocycles. The molecule has 0 saturated heterocycles. The van der Waals surface area contributed by atoms with Gasteiger partial charge in [-0.25, -0.2) is 0 Å². The van der Waals surface area contributed by atoms with Crippen molar-refractivity contribution in [2.75, 3.05) is 4.90 Å². The van der Waals surface area contributed by atoms with Crippen LogP contribution in [0.15, 0.2) is 194 Å². The molecule has 0 bridgehead atoms. The molecule has 0 spiro atoms. The Morgan fingerprint density at radius 3 is 1.59 bits per heavy atom. The summed E-state index contributed by atoms with van der Waals surface area (Å²) in [5.74, 6) is 0. The van der Waals surface area contributed by atoms with Gasteiger partial charge in [0.2, 0.25) is 0 Å². The number of fused-ring (bicyclic) bond motifs is 4. The molecule has 0 amide bonds. The maximum atomic E-state index is 2.53. The van der Waals surface area contributed by atoms with Gasteiger partial charge in [-0.3, -0.25) is 0 Å². The lowest BCUT2D eigenvalue weighted by Gasteiger charge is -2.32. The van der Waals surface area contributed by atoms with Gasteiger partial charge in [-0.15, -0.1) is 11.3 Å². The summed E-state index contributed by atoms with van der Waals surface area (Å²) in [4.78, 5) is 2.53. The van der Waals surface area contributed by atoms with E-state index in [1.807, 2.05) is 11.3 Å². The molecule has 0 saturated carbocycles. The van der Waals surface area contributed by atoms with Gasteiger partial charge < -0.3 is 4.90 Å². The molecule has 1 heterocycles. The normalized spacial score (nSPS) is 12.3. The largest absolute Gasteiger partial charge is 0.309 e. The van der Waals surface area contributed by atoms with E-state index in [1.54, 1.807) is 0 Å². The van der Waals surface area contributed by atoms with Crippen molar-refractivity contribution in [3.8, 4) is 44.5 Å². The van der Waals surface area contributed by atoms with Crippen LogP contribution < -0.4 is 4.90 Å². The summed E-state index contributed by atoms with van der Waals surface area (Å²) in [6.45, 7) is 20.9. The van der Waals surface area contributed by atoms with Crippen molar-refractivity contribution in [3.63, 3.8) is 0 Å². The molecule has 2 heteroatoms. The van der Waals surface area contributed by atoms with Gasteiger partial charge in [0.15, 0.2) is 0 Å². The molecule has 10 rings (SSSR count). The summed E-state index contributed by atoms with van der Waals surface area (Å²) < 4.78 is 2.62. The van der Waals surface area contributed by atoms with Crippen molar-refractivity contribution in [1.29, 1.82) is 0 Å². The van der Waals surface area contributed by atoms with Gasteiger partial charge in [0.25, 0.3) is 0 Å². The summed E-state index contributed by atoms with van der Waals surface area (Å²) in [6.07, 6.45) is 0. The smallest absolute Gasteiger partial charge is 0.0540 e. The Morgan fingerprint density at radius 2 is 0.879 bits per heavy atom. The fourth-order valence-electron chi connectivity index (χ4n) is 9.63. The summed E-state index contributed by atoms with van der Waals surface area (Å²) >= 11 is 1.87. The van der Waals surface area contributed by atoms with E-state index in [-0.39, 0.29) is 16.2 Å². The van der Waals surface area contributed by atoms with Gasteiger partial charge >= 0.3 is 0 Å². The van der Waals surface area contributed by atoms with Crippen LogP contribution in [0, 0.1) is 0 Å². The molecule has 1 nitrogen and oxygen atoms in total.